The molecule has 4 aromatic rings. The number of aromatic nitrogens is 6. The van der Waals surface area contributed by atoms with Crippen molar-refractivity contribution >= 4 is 17.0 Å². The predicted octanol–water partition coefficient (Wildman–Crippen LogP) is 4.19. The Morgan fingerprint density at radius 3 is 2.51 bits per heavy atom. The van der Waals surface area contributed by atoms with Crippen molar-refractivity contribution in [1.82, 2.24) is 29.3 Å². The van der Waals surface area contributed by atoms with Gasteiger partial charge >= 0.3 is 6.18 Å². The van der Waals surface area contributed by atoms with E-state index in [1.54, 1.807) is 11.1 Å². The number of ether oxygens (including phenoxy) is 1. The maximum absolute atomic E-state index is 14.9. The van der Waals surface area contributed by atoms with Crippen molar-refractivity contribution < 1.29 is 26.7 Å². The fourth-order valence-corrected chi connectivity index (χ4v) is 4.75. The van der Waals surface area contributed by atoms with E-state index in [-0.39, 0.29) is 29.9 Å². The average molecular weight is 547 g/mol. The smallest absolute Gasteiger partial charge is 0.367 e. The molecule has 1 aromatic carbocycles. The van der Waals surface area contributed by atoms with E-state index in [0.29, 0.717) is 23.2 Å². The fraction of sp³-hybridized carbons (Fsp3) is 0.400. The van der Waals surface area contributed by atoms with Crippen LogP contribution in [0.5, 0.6) is 0 Å². The van der Waals surface area contributed by atoms with Crippen molar-refractivity contribution in [3.05, 3.63) is 64.0 Å². The number of hydrogen-bond acceptors (Lipinski definition) is 7. The molecule has 0 N–H and O–H groups in total. The molecule has 6 rings (SSSR count). The van der Waals surface area contributed by atoms with Crippen LogP contribution in [0.4, 0.5) is 27.9 Å². The van der Waals surface area contributed by atoms with Gasteiger partial charge in [-0.2, -0.15) is 18.3 Å². The standard InChI is InChI=1S/C25H22F5N7O2/c1-12-9-36(11-18(39-12)13-8-31-37(10-13)15-4-5-15)24-33-19(16-6-3-14(26)7-17(16)27)20-21(34-24)22(38)35(2)23(32-20)25(28,29)30/h3,6-8,10,12,15,18H,4-5,9,11H2,1-2H3/t12-,18-/m0/s1. The molecule has 0 radical (unpaired) electrons. The van der Waals surface area contributed by atoms with Crippen LogP contribution in [0.2, 0.25) is 0 Å². The molecule has 1 saturated heterocycles. The first-order valence-corrected chi connectivity index (χ1v) is 12.3. The van der Waals surface area contributed by atoms with Gasteiger partial charge in [0.25, 0.3) is 5.56 Å². The molecule has 3 aromatic heterocycles. The van der Waals surface area contributed by atoms with Crippen molar-refractivity contribution in [1.29, 1.82) is 0 Å². The maximum atomic E-state index is 14.9. The van der Waals surface area contributed by atoms with Crippen LogP contribution in [0, 0.1) is 11.6 Å². The van der Waals surface area contributed by atoms with Gasteiger partial charge in [0.2, 0.25) is 11.8 Å². The average Bonchev–Trinajstić information content (AvgIpc) is 3.61. The van der Waals surface area contributed by atoms with Gasteiger partial charge in [0.15, 0.2) is 5.52 Å². The molecule has 1 saturated carbocycles. The second-order valence-electron chi connectivity index (χ2n) is 9.82. The van der Waals surface area contributed by atoms with Crippen LogP contribution in [0.25, 0.3) is 22.3 Å². The first-order chi connectivity index (χ1) is 18.5. The number of benzene rings is 1. The van der Waals surface area contributed by atoms with Crippen molar-refractivity contribution in [2.75, 3.05) is 18.0 Å². The normalized spacial score (nSPS) is 20.1. The maximum Gasteiger partial charge on any atom is 0.449 e. The summed E-state index contributed by atoms with van der Waals surface area (Å²) >= 11 is 0. The van der Waals surface area contributed by atoms with Crippen LogP contribution < -0.4 is 10.5 Å². The summed E-state index contributed by atoms with van der Waals surface area (Å²) in [5.41, 5.74) is -1.88. The zero-order valence-corrected chi connectivity index (χ0v) is 20.8. The van der Waals surface area contributed by atoms with Gasteiger partial charge in [0.05, 0.1) is 24.9 Å². The molecule has 0 spiro atoms. The first kappa shape index (κ1) is 25.3. The summed E-state index contributed by atoms with van der Waals surface area (Å²) in [6, 6.07) is 2.94. The summed E-state index contributed by atoms with van der Waals surface area (Å²) in [6.07, 6.45) is 0.0308. The minimum absolute atomic E-state index is 0.0189. The number of alkyl halides is 3. The number of fused-ring (bicyclic) bond motifs is 1. The van der Waals surface area contributed by atoms with E-state index in [9.17, 15) is 26.7 Å². The largest absolute Gasteiger partial charge is 0.449 e. The van der Waals surface area contributed by atoms with Gasteiger partial charge < -0.3 is 9.64 Å². The van der Waals surface area contributed by atoms with Crippen molar-refractivity contribution in [3.63, 3.8) is 0 Å². The number of rotatable bonds is 4. The van der Waals surface area contributed by atoms with Crippen LogP contribution in [0.1, 0.15) is 43.3 Å². The highest BCUT2D eigenvalue weighted by Gasteiger charge is 2.38. The highest BCUT2D eigenvalue weighted by atomic mass is 19.4. The van der Waals surface area contributed by atoms with E-state index in [4.69, 9.17) is 4.74 Å². The Bertz CT molecular complexity index is 1650. The molecule has 14 heteroatoms. The molecule has 0 bridgehead atoms. The van der Waals surface area contributed by atoms with E-state index in [2.05, 4.69) is 20.1 Å². The Kier molecular flexibility index (Phi) is 5.90. The Morgan fingerprint density at radius 1 is 1.05 bits per heavy atom. The fourth-order valence-electron chi connectivity index (χ4n) is 4.75. The third kappa shape index (κ3) is 4.62. The number of morpholine rings is 1. The van der Waals surface area contributed by atoms with E-state index in [1.165, 1.54) is 0 Å². The van der Waals surface area contributed by atoms with Gasteiger partial charge in [-0.25, -0.2) is 23.7 Å². The van der Waals surface area contributed by atoms with Crippen LogP contribution >= 0.6 is 0 Å². The number of nitrogens with zero attached hydrogens (tertiary/aromatic N) is 7. The predicted molar refractivity (Wildman–Crippen MR) is 129 cm³/mol. The Balaban J connectivity index is 1.50. The molecule has 4 heterocycles. The summed E-state index contributed by atoms with van der Waals surface area (Å²) in [4.78, 5) is 27.1. The van der Waals surface area contributed by atoms with Gasteiger partial charge in [-0.1, -0.05) is 0 Å². The molecule has 2 atom stereocenters. The van der Waals surface area contributed by atoms with Gasteiger partial charge in [-0.15, -0.1) is 0 Å². The highest BCUT2D eigenvalue weighted by molar-refractivity contribution is 5.89. The zero-order valence-electron chi connectivity index (χ0n) is 20.8. The summed E-state index contributed by atoms with van der Waals surface area (Å²) in [5, 5.41) is 4.41. The molecule has 0 unspecified atom stereocenters. The molecule has 1 aliphatic heterocycles. The third-order valence-electron chi connectivity index (χ3n) is 6.81. The van der Waals surface area contributed by atoms with Crippen molar-refractivity contribution in [3.8, 4) is 11.3 Å². The van der Waals surface area contributed by atoms with Crippen LogP contribution in [-0.4, -0.2) is 48.5 Å². The van der Waals surface area contributed by atoms with E-state index < -0.39 is 46.3 Å². The second kappa shape index (κ2) is 9.07. The van der Waals surface area contributed by atoms with Gasteiger partial charge in [0.1, 0.15) is 28.9 Å². The molecule has 39 heavy (non-hydrogen) atoms. The number of anilines is 1. The third-order valence-corrected chi connectivity index (χ3v) is 6.81. The molecular formula is C25H22F5N7O2. The number of halogens is 5. The molecule has 9 nitrogen and oxygen atoms in total. The molecular weight excluding hydrogens is 525 g/mol. The van der Waals surface area contributed by atoms with Gasteiger partial charge in [-0.3, -0.25) is 14.0 Å². The summed E-state index contributed by atoms with van der Waals surface area (Å²) in [7, 11) is 0.932. The molecule has 2 fully saturated rings. The molecule has 2 aliphatic rings. The van der Waals surface area contributed by atoms with E-state index >= 15 is 0 Å². The van der Waals surface area contributed by atoms with E-state index in [1.807, 2.05) is 17.8 Å². The minimum Gasteiger partial charge on any atom is -0.367 e. The van der Waals surface area contributed by atoms with E-state index in [0.717, 1.165) is 37.6 Å². The monoisotopic (exact) mass is 547 g/mol. The quantitative estimate of drug-likeness (QED) is 0.354. The van der Waals surface area contributed by atoms with Gasteiger partial charge in [0, 0.05) is 37.0 Å². The Hall–Kier alpha value is -3.94. The van der Waals surface area contributed by atoms with Crippen LogP contribution in [0.3, 0.4) is 0 Å². The molecule has 1 aliphatic carbocycles. The lowest BCUT2D eigenvalue weighted by atomic mass is 10.1. The SMILES string of the molecule is C[C@H]1CN(c2nc(-c3ccc(F)cc3F)c3nc(C(F)(F)F)n(C)c(=O)c3n2)C[C@@H](c2cnn(C3CC3)c2)O1. The topological polar surface area (TPSA) is 91.0 Å². The lowest BCUT2D eigenvalue weighted by Crippen LogP contribution is -2.44. The Labute approximate surface area is 217 Å². The molecule has 204 valence electrons. The number of hydrogen-bond donors (Lipinski definition) is 0. The van der Waals surface area contributed by atoms with Crippen molar-refractivity contribution in [2.45, 2.75) is 44.2 Å². The first-order valence-electron chi connectivity index (χ1n) is 12.3. The van der Waals surface area contributed by atoms with Crippen LogP contribution in [-0.2, 0) is 18.0 Å². The zero-order chi connectivity index (χ0) is 27.6. The Morgan fingerprint density at radius 2 is 1.82 bits per heavy atom. The highest BCUT2D eigenvalue weighted by Crippen LogP contribution is 2.36. The molecule has 0 amide bonds. The summed E-state index contributed by atoms with van der Waals surface area (Å²) < 4.78 is 78.0. The second-order valence-corrected chi connectivity index (χ2v) is 9.82. The summed E-state index contributed by atoms with van der Waals surface area (Å²) in [5.74, 6) is -3.47. The lowest BCUT2D eigenvalue weighted by Gasteiger charge is -2.36. The minimum atomic E-state index is -4.98. The van der Waals surface area contributed by atoms with Crippen molar-refractivity contribution in [2.24, 2.45) is 7.05 Å². The lowest BCUT2D eigenvalue weighted by molar-refractivity contribution is -0.147. The van der Waals surface area contributed by atoms with Crippen LogP contribution in [0.15, 0.2) is 35.4 Å². The summed E-state index contributed by atoms with van der Waals surface area (Å²) in [6.45, 7) is 2.37. The van der Waals surface area contributed by atoms with Gasteiger partial charge in [-0.05, 0) is 31.9 Å².